The number of carbonyl (C=O) groups excluding carboxylic acids is 1. The van der Waals surface area contributed by atoms with Gasteiger partial charge in [0.1, 0.15) is 5.75 Å². The van der Waals surface area contributed by atoms with Crippen LogP contribution in [0.4, 0.5) is 0 Å². The van der Waals surface area contributed by atoms with Gasteiger partial charge in [0.2, 0.25) is 0 Å². The molecular formula is C16H22ClNO2. The predicted octanol–water partition coefficient (Wildman–Crippen LogP) is 3.80. The number of hydrogen-bond acceptors (Lipinski definition) is 2. The van der Waals surface area contributed by atoms with Gasteiger partial charge in [0.15, 0.2) is 6.10 Å². The summed E-state index contributed by atoms with van der Waals surface area (Å²) in [5, 5.41) is 3.51. The molecule has 110 valence electrons. The predicted molar refractivity (Wildman–Crippen MR) is 81.1 cm³/mol. The van der Waals surface area contributed by atoms with E-state index in [1.807, 2.05) is 12.1 Å². The third-order valence-electron chi connectivity index (χ3n) is 3.80. The summed E-state index contributed by atoms with van der Waals surface area (Å²) in [5.41, 5.74) is 0. The van der Waals surface area contributed by atoms with Crippen LogP contribution in [0, 0.1) is 5.92 Å². The first kappa shape index (κ1) is 15.2. The number of rotatable bonds is 5. The molecule has 0 saturated heterocycles. The van der Waals surface area contributed by atoms with Crippen molar-refractivity contribution in [3.05, 3.63) is 29.3 Å². The number of amides is 1. The van der Waals surface area contributed by atoms with Crippen LogP contribution in [-0.2, 0) is 4.79 Å². The Morgan fingerprint density at radius 3 is 2.75 bits per heavy atom. The Kier molecular flexibility index (Phi) is 5.72. The number of hydrogen-bond donors (Lipinski definition) is 1. The van der Waals surface area contributed by atoms with Gasteiger partial charge in [-0.1, -0.05) is 43.0 Å². The van der Waals surface area contributed by atoms with E-state index in [2.05, 4.69) is 5.32 Å². The van der Waals surface area contributed by atoms with Crippen LogP contribution in [0.15, 0.2) is 24.3 Å². The Morgan fingerprint density at radius 1 is 1.35 bits per heavy atom. The molecule has 1 amide bonds. The van der Waals surface area contributed by atoms with Gasteiger partial charge in [-0.2, -0.15) is 0 Å². The Morgan fingerprint density at radius 2 is 2.05 bits per heavy atom. The van der Waals surface area contributed by atoms with Crippen LogP contribution in [0.5, 0.6) is 5.75 Å². The van der Waals surface area contributed by atoms with Crippen LogP contribution < -0.4 is 10.1 Å². The quantitative estimate of drug-likeness (QED) is 0.897. The van der Waals surface area contributed by atoms with E-state index in [4.69, 9.17) is 16.3 Å². The zero-order chi connectivity index (χ0) is 14.4. The van der Waals surface area contributed by atoms with Gasteiger partial charge in [0.25, 0.3) is 5.91 Å². The molecule has 3 nitrogen and oxygen atoms in total. The third kappa shape index (κ3) is 4.41. The van der Waals surface area contributed by atoms with Crippen LogP contribution >= 0.6 is 11.6 Å². The average Bonchev–Trinajstić information content (AvgIpc) is 2.48. The van der Waals surface area contributed by atoms with Gasteiger partial charge in [0, 0.05) is 6.54 Å². The lowest BCUT2D eigenvalue weighted by atomic mass is 9.89. The fraction of sp³-hybridized carbons (Fsp3) is 0.562. The number of para-hydroxylation sites is 1. The summed E-state index contributed by atoms with van der Waals surface area (Å²) in [6.07, 6.45) is 5.81. The maximum absolute atomic E-state index is 12.0. The van der Waals surface area contributed by atoms with Crippen molar-refractivity contribution in [1.29, 1.82) is 0 Å². The molecule has 4 heteroatoms. The Bertz CT molecular complexity index is 444. The number of carbonyl (C=O) groups is 1. The zero-order valence-corrected chi connectivity index (χ0v) is 12.7. The fourth-order valence-corrected chi connectivity index (χ4v) is 2.74. The summed E-state index contributed by atoms with van der Waals surface area (Å²) in [6.45, 7) is 2.51. The largest absolute Gasteiger partial charge is 0.479 e. The minimum Gasteiger partial charge on any atom is -0.479 e. The van der Waals surface area contributed by atoms with Gasteiger partial charge in [0.05, 0.1) is 5.02 Å². The minimum absolute atomic E-state index is 0.0736. The van der Waals surface area contributed by atoms with E-state index < -0.39 is 6.10 Å². The molecule has 0 aliphatic heterocycles. The summed E-state index contributed by atoms with van der Waals surface area (Å²) in [5.74, 6) is 1.10. The van der Waals surface area contributed by atoms with Gasteiger partial charge < -0.3 is 10.1 Å². The van der Waals surface area contributed by atoms with E-state index in [-0.39, 0.29) is 5.91 Å². The Hall–Kier alpha value is -1.22. The van der Waals surface area contributed by atoms with Gasteiger partial charge in [-0.05, 0) is 37.8 Å². The molecule has 0 aromatic heterocycles. The second-order valence-electron chi connectivity index (χ2n) is 5.44. The average molecular weight is 296 g/mol. The topological polar surface area (TPSA) is 38.3 Å². The van der Waals surface area contributed by atoms with Gasteiger partial charge in [-0.3, -0.25) is 4.79 Å². The summed E-state index contributed by atoms with van der Waals surface area (Å²) in [4.78, 5) is 12.0. The lowest BCUT2D eigenvalue weighted by molar-refractivity contribution is -0.127. The number of ether oxygens (including phenoxy) is 1. The molecule has 0 spiro atoms. The molecule has 20 heavy (non-hydrogen) atoms. The van der Waals surface area contributed by atoms with E-state index in [0.717, 1.165) is 6.54 Å². The molecule has 1 aromatic carbocycles. The lowest BCUT2D eigenvalue weighted by Crippen LogP contribution is -2.39. The molecule has 0 unspecified atom stereocenters. The molecule has 1 aliphatic carbocycles. The summed E-state index contributed by atoms with van der Waals surface area (Å²) >= 11 is 6.02. The molecule has 1 saturated carbocycles. The second kappa shape index (κ2) is 7.53. The molecular weight excluding hydrogens is 274 g/mol. The van der Waals surface area contributed by atoms with Crippen molar-refractivity contribution in [2.24, 2.45) is 5.92 Å². The van der Waals surface area contributed by atoms with E-state index in [0.29, 0.717) is 16.7 Å². The van der Waals surface area contributed by atoms with Crippen LogP contribution in [0.3, 0.4) is 0 Å². The molecule has 1 N–H and O–H groups in total. The van der Waals surface area contributed by atoms with E-state index in [1.165, 1.54) is 32.1 Å². The van der Waals surface area contributed by atoms with Gasteiger partial charge >= 0.3 is 0 Å². The number of benzene rings is 1. The van der Waals surface area contributed by atoms with Crippen molar-refractivity contribution in [2.75, 3.05) is 6.54 Å². The van der Waals surface area contributed by atoms with Crippen molar-refractivity contribution in [1.82, 2.24) is 5.32 Å². The van der Waals surface area contributed by atoms with Crippen LogP contribution in [0.25, 0.3) is 0 Å². The first-order valence-electron chi connectivity index (χ1n) is 7.35. The van der Waals surface area contributed by atoms with Gasteiger partial charge in [-0.25, -0.2) is 0 Å². The fourth-order valence-electron chi connectivity index (χ4n) is 2.56. The molecule has 0 bridgehead atoms. The van der Waals surface area contributed by atoms with Crippen molar-refractivity contribution in [3.63, 3.8) is 0 Å². The van der Waals surface area contributed by atoms with Crippen LogP contribution in [-0.4, -0.2) is 18.6 Å². The zero-order valence-electron chi connectivity index (χ0n) is 11.9. The third-order valence-corrected chi connectivity index (χ3v) is 4.11. The normalized spacial score (nSPS) is 17.5. The van der Waals surface area contributed by atoms with Crippen molar-refractivity contribution in [3.8, 4) is 5.75 Å². The maximum Gasteiger partial charge on any atom is 0.260 e. The number of halogens is 1. The molecule has 2 rings (SSSR count). The van der Waals surface area contributed by atoms with Crippen LogP contribution in [0.1, 0.15) is 39.0 Å². The highest BCUT2D eigenvalue weighted by molar-refractivity contribution is 6.32. The molecule has 1 atom stereocenters. The highest BCUT2D eigenvalue weighted by atomic mass is 35.5. The first-order chi connectivity index (χ1) is 9.66. The summed E-state index contributed by atoms with van der Waals surface area (Å²) in [6, 6.07) is 7.20. The van der Waals surface area contributed by atoms with E-state index in [9.17, 15) is 4.79 Å². The second-order valence-corrected chi connectivity index (χ2v) is 5.85. The van der Waals surface area contributed by atoms with Crippen molar-refractivity contribution >= 4 is 17.5 Å². The van der Waals surface area contributed by atoms with Gasteiger partial charge in [-0.15, -0.1) is 0 Å². The Balaban J connectivity index is 1.78. The standard InChI is InChI=1S/C16H22ClNO2/c1-12(20-15-10-6-5-9-14(15)17)16(19)18-11-13-7-3-2-4-8-13/h5-6,9-10,12-13H,2-4,7-8,11H2,1H3,(H,18,19)/t12-/m0/s1. The van der Waals surface area contributed by atoms with Crippen molar-refractivity contribution < 1.29 is 9.53 Å². The summed E-state index contributed by atoms with van der Waals surface area (Å²) in [7, 11) is 0. The molecule has 0 radical (unpaired) electrons. The monoisotopic (exact) mass is 295 g/mol. The van der Waals surface area contributed by atoms with Crippen LogP contribution in [0.2, 0.25) is 5.02 Å². The molecule has 0 heterocycles. The lowest BCUT2D eigenvalue weighted by Gasteiger charge is -2.23. The number of nitrogens with one attached hydrogen (secondary N) is 1. The molecule has 1 aromatic rings. The molecule has 1 aliphatic rings. The highest BCUT2D eigenvalue weighted by Gasteiger charge is 2.18. The van der Waals surface area contributed by atoms with Crippen molar-refractivity contribution in [2.45, 2.75) is 45.1 Å². The Labute approximate surface area is 125 Å². The molecule has 1 fully saturated rings. The SMILES string of the molecule is C[C@H](Oc1ccccc1Cl)C(=O)NCC1CCCCC1. The summed E-state index contributed by atoms with van der Waals surface area (Å²) < 4.78 is 5.60. The van der Waals surface area contributed by atoms with E-state index >= 15 is 0 Å². The smallest absolute Gasteiger partial charge is 0.260 e. The maximum atomic E-state index is 12.0. The highest BCUT2D eigenvalue weighted by Crippen LogP contribution is 2.25. The first-order valence-corrected chi connectivity index (χ1v) is 7.73. The van der Waals surface area contributed by atoms with E-state index in [1.54, 1.807) is 19.1 Å². The minimum atomic E-state index is -0.529.